The predicted molar refractivity (Wildman–Crippen MR) is 105 cm³/mol. The third-order valence-corrected chi connectivity index (χ3v) is 4.82. The van der Waals surface area contributed by atoms with Crippen LogP contribution in [0.4, 0.5) is 0 Å². The Morgan fingerprint density at radius 1 is 1.00 bits per heavy atom. The molecule has 0 N–H and O–H groups in total. The first kappa shape index (κ1) is 17.2. The van der Waals surface area contributed by atoms with Crippen LogP contribution in [-0.2, 0) is 0 Å². The van der Waals surface area contributed by atoms with E-state index in [1.165, 1.54) is 10.7 Å². The minimum Gasteiger partial charge on any atom is -0.403 e. The van der Waals surface area contributed by atoms with Crippen LogP contribution in [-0.4, -0.2) is 9.78 Å². The monoisotopic (exact) mass is 404 g/mol. The second-order valence-corrected chi connectivity index (χ2v) is 6.99. The predicted octanol–water partition coefficient (Wildman–Crippen LogP) is 5.91. The number of fused-ring (bicyclic) bond motifs is 1. The van der Waals surface area contributed by atoms with Gasteiger partial charge in [0.25, 0.3) is 0 Å². The molecule has 2 aromatic carbocycles. The van der Waals surface area contributed by atoms with Gasteiger partial charge in [-0.1, -0.05) is 65.1 Å². The zero-order valence-electron chi connectivity index (χ0n) is 13.5. The molecule has 4 rings (SSSR count). The summed E-state index contributed by atoms with van der Waals surface area (Å²) in [6.07, 6.45) is 0. The normalized spacial score (nSPS) is 11.2. The Morgan fingerprint density at radius 2 is 1.65 bits per heavy atom. The number of hydrogen-bond acceptors (Lipinski definition) is 3. The summed E-state index contributed by atoms with van der Waals surface area (Å²) >= 11 is 18.6. The minimum atomic E-state index is -0.487. The summed E-state index contributed by atoms with van der Waals surface area (Å²) in [5.41, 5.74) is 2.51. The van der Waals surface area contributed by atoms with Gasteiger partial charge in [-0.2, -0.15) is 9.78 Å². The largest absolute Gasteiger partial charge is 0.403 e. The SMILES string of the molecule is Cc1nn(-c2c(Cl)cc(Cl)cc2Cl)c2oc(=O)cc(-c3ccccc3)c12. The molecule has 4 nitrogen and oxygen atoms in total. The van der Waals surface area contributed by atoms with Crippen LogP contribution in [0.5, 0.6) is 0 Å². The van der Waals surface area contributed by atoms with Crippen molar-refractivity contribution in [3.8, 4) is 16.8 Å². The van der Waals surface area contributed by atoms with Crippen molar-refractivity contribution in [1.82, 2.24) is 9.78 Å². The molecule has 0 unspecified atom stereocenters. The molecule has 0 radical (unpaired) electrons. The topological polar surface area (TPSA) is 48.0 Å². The lowest BCUT2D eigenvalue weighted by atomic mass is 10.0. The van der Waals surface area contributed by atoms with E-state index in [2.05, 4.69) is 5.10 Å². The Kier molecular flexibility index (Phi) is 4.27. The fourth-order valence-electron chi connectivity index (χ4n) is 2.96. The lowest BCUT2D eigenvalue weighted by Gasteiger charge is -2.08. The van der Waals surface area contributed by atoms with E-state index < -0.39 is 5.63 Å². The molecule has 0 aliphatic heterocycles. The summed E-state index contributed by atoms with van der Waals surface area (Å²) in [7, 11) is 0. The molecule has 0 saturated carbocycles. The number of halogens is 3. The first-order chi connectivity index (χ1) is 12.5. The smallest absolute Gasteiger partial charge is 0.338 e. The van der Waals surface area contributed by atoms with Crippen molar-refractivity contribution in [2.75, 3.05) is 0 Å². The molecular formula is C19H11Cl3N2O2. The summed E-state index contributed by atoms with van der Waals surface area (Å²) < 4.78 is 6.91. The molecule has 0 atom stereocenters. The van der Waals surface area contributed by atoms with Crippen LogP contribution in [0.25, 0.3) is 27.9 Å². The van der Waals surface area contributed by atoms with Crippen molar-refractivity contribution in [3.63, 3.8) is 0 Å². The van der Waals surface area contributed by atoms with E-state index in [0.29, 0.717) is 26.4 Å². The lowest BCUT2D eigenvalue weighted by molar-refractivity contribution is 0.536. The van der Waals surface area contributed by atoms with Gasteiger partial charge in [-0.05, 0) is 24.6 Å². The Labute approximate surface area is 163 Å². The Bertz CT molecular complexity index is 1170. The highest BCUT2D eigenvalue weighted by Gasteiger charge is 2.21. The first-order valence-corrected chi connectivity index (χ1v) is 8.83. The van der Waals surface area contributed by atoms with Gasteiger partial charge in [0.15, 0.2) is 0 Å². The Balaban J connectivity index is 2.10. The summed E-state index contributed by atoms with van der Waals surface area (Å²) in [5, 5.41) is 6.25. The second kappa shape index (κ2) is 6.47. The van der Waals surface area contributed by atoms with E-state index >= 15 is 0 Å². The maximum atomic E-state index is 12.2. The van der Waals surface area contributed by atoms with Crippen LogP contribution in [0.1, 0.15) is 5.69 Å². The highest BCUT2D eigenvalue weighted by atomic mass is 35.5. The average Bonchev–Trinajstić information content (AvgIpc) is 2.90. The zero-order valence-corrected chi connectivity index (χ0v) is 15.7. The van der Waals surface area contributed by atoms with Crippen LogP contribution >= 0.6 is 34.8 Å². The second-order valence-electron chi connectivity index (χ2n) is 5.74. The molecule has 130 valence electrons. The van der Waals surface area contributed by atoms with Crippen molar-refractivity contribution in [3.05, 3.63) is 79.7 Å². The summed E-state index contributed by atoms with van der Waals surface area (Å²) in [6, 6.07) is 14.2. The molecule has 0 saturated heterocycles. The number of hydrogen-bond donors (Lipinski definition) is 0. The van der Waals surface area contributed by atoms with E-state index in [-0.39, 0.29) is 5.71 Å². The van der Waals surface area contributed by atoms with Gasteiger partial charge >= 0.3 is 5.63 Å². The highest BCUT2D eigenvalue weighted by molar-refractivity contribution is 6.40. The van der Waals surface area contributed by atoms with E-state index in [0.717, 1.165) is 16.5 Å². The van der Waals surface area contributed by atoms with Crippen LogP contribution < -0.4 is 5.63 Å². The van der Waals surface area contributed by atoms with Gasteiger partial charge < -0.3 is 4.42 Å². The lowest BCUT2D eigenvalue weighted by Crippen LogP contribution is -2.03. The van der Waals surface area contributed by atoms with Gasteiger partial charge in [0, 0.05) is 16.7 Å². The fraction of sp³-hybridized carbons (Fsp3) is 0.0526. The van der Waals surface area contributed by atoms with Crippen LogP contribution in [0, 0.1) is 6.92 Å². The van der Waals surface area contributed by atoms with E-state index in [1.54, 1.807) is 12.1 Å². The standard InChI is InChI=1S/C19H11Cl3N2O2/c1-10-17-13(11-5-3-2-4-6-11)9-16(25)26-19(17)24(23-10)18-14(21)7-12(20)8-15(18)22/h2-9H,1H3. The van der Waals surface area contributed by atoms with E-state index in [9.17, 15) is 4.79 Å². The van der Waals surface area contributed by atoms with Gasteiger partial charge in [-0.15, -0.1) is 0 Å². The summed E-state index contributed by atoms with van der Waals surface area (Å²) in [4.78, 5) is 12.2. The fourth-order valence-corrected chi connectivity index (χ4v) is 3.94. The summed E-state index contributed by atoms with van der Waals surface area (Å²) in [6.45, 7) is 1.84. The third kappa shape index (κ3) is 2.80. The maximum Gasteiger partial charge on any atom is 0.338 e. The third-order valence-electron chi connectivity index (χ3n) is 4.03. The van der Waals surface area contributed by atoms with Gasteiger partial charge in [-0.25, -0.2) is 4.79 Å². The first-order valence-electron chi connectivity index (χ1n) is 7.69. The minimum absolute atomic E-state index is 0.278. The van der Waals surface area contributed by atoms with Crippen molar-refractivity contribution < 1.29 is 4.42 Å². The molecule has 0 fully saturated rings. The molecule has 7 heteroatoms. The number of aromatic nitrogens is 2. The molecule has 0 bridgehead atoms. The van der Waals surface area contributed by atoms with Crippen LogP contribution in [0.3, 0.4) is 0 Å². The Morgan fingerprint density at radius 3 is 2.31 bits per heavy atom. The van der Waals surface area contributed by atoms with Crippen molar-refractivity contribution in [2.45, 2.75) is 6.92 Å². The molecule has 4 aromatic rings. The molecule has 2 aromatic heterocycles. The molecule has 0 spiro atoms. The molecule has 2 heterocycles. The molecule has 0 amide bonds. The number of aryl methyl sites for hydroxylation is 1. The number of nitrogens with zero attached hydrogens (tertiary/aromatic N) is 2. The molecular weight excluding hydrogens is 395 g/mol. The summed E-state index contributed by atoms with van der Waals surface area (Å²) in [5.74, 6) is 0. The number of rotatable bonds is 2. The van der Waals surface area contributed by atoms with E-state index in [4.69, 9.17) is 39.2 Å². The van der Waals surface area contributed by atoms with Gasteiger partial charge in [-0.3, -0.25) is 0 Å². The van der Waals surface area contributed by atoms with E-state index in [1.807, 2.05) is 37.3 Å². The Hall–Kier alpha value is -2.27. The van der Waals surface area contributed by atoms with Crippen LogP contribution in [0.2, 0.25) is 15.1 Å². The van der Waals surface area contributed by atoms with Gasteiger partial charge in [0.05, 0.1) is 21.1 Å². The number of benzene rings is 2. The van der Waals surface area contributed by atoms with Crippen molar-refractivity contribution >= 4 is 45.9 Å². The zero-order chi connectivity index (χ0) is 18.4. The highest BCUT2D eigenvalue weighted by Crippen LogP contribution is 2.36. The van der Waals surface area contributed by atoms with Gasteiger partial charge in [0.1, 0.15) is 5.69 Å². The van der Waals surface area contributed by atoms with Crippen molar-refractivity contribution in [2.24, 2.45) is 0 Å². The molecule has 0 aliphatic carbocycles. The van der Waals surface area contributed by atoms with Gasteiger partial charge in [0.2, 0.25) is 5.71 Å². The molecule has 0 aliphatic rings. The quantitative estimate of drug-likeness (QED) is 0.416. The average molecular weight is 406 g/mol. The van der Waals surface area contributed by atoms with Crippen LogP contribution in [0.15, 0.2) is 57.7 Å². The molecule has 26 heavy (non-hydrogen) atoms. The van der Waals surface area contributed by atoms with Crippen molar-refractivity contribution in [1.29, 1.82) is 0 Å². The maximum absolute atomic E-state index is 12.2.